The Morgan fingerprint density at radius 3 is 2.82 bits per heavy atom. The van der Waals surface area contributed by atoms with Crippen molar-refractivity contribution >= 4 is 22.7 Å². The van der Waals surface area contributed by atoms with Crippen LogP contribution in [0.5, 0.6) is 0 Å². The summed E-state index contributed by atoms with van der Waals surface area (Å²) < 4.78 is 5.20. The molecular formula is C18H18N2O2. The zero-order valence-electron chi connectivity index (χ0n) is 12.9. The molecule has 0 bridgehead atoms. The standard InChI is InChI=1S/C18H18N2O2/c1-11(2)14-6-4-5-12(3)17(14)20-18(21)13-7-8-16-15(9-13)19-10-22-16/h4-11H,1-3H3,(H,20,21). The second-order valence-electron chi connectivity index (χ2n) is 5.68. The van der Waals surface area contributed by atoms with Gasteiger partial charge in [0.1, 0.15) is 5.52 Å². The molecule has 0 atom stereocenters. The first-order valence-corrected chi connectivity index (χ1v) is 7.30. The number of hydrogen-bond acceptors (Lipinski definition) is 3. The normalized spacial score (nSPS) is 11.1. The largest absolute Gasteiger partial charge is 0.443 e. The molecule has 0 fully saturated rings. The van der Waals surface area contributed by atoms with Gasteiger partial charge in [-0.2, -0.15) is 0 Å². The second-order valence-corrected chi connectivity index (χ2v) is 5.68. The number of para-hydroxylation sites is 1. The van der Waals surface area contributed by atoms with E-state index < -0.39 is 0 Å². The average molecular weight is 294 g/mol. The zero-order valence-corrected chi connectivity index (χ0v) is 12.9. The fraction of sp³-hybridized carbons (Fsp3) is 0.222. The Kier molecular flexibility index (Phi) is 3.67. The van der Waals surface area contributed by atoms with E-state index in [9.17, 15) is 4.79 Å². The Hall–Kier alpha value is -2.62. The molecule has 4 heteroatoms. The highest BCUT2D eigenvalue weighted by Crippen LogP contribution is 2.28. The molecule has 1 heterocycles. The van der Waals surface area contributed by atoms with E-state index in [1.54, 1.807) is 18.2 Å². The maximum Gasteiger partial charge on any atom is 0.255 e. The van der Waals surface area contributed by atoms with Gasteiger partial charge in [-0.25, -0.2) is 4.98 Å². The third-order valence-electron chi connectivity index (χ3n) is 3.76. The number of oxazole rings is 1. The van der Waals surface area contributed by atoms with Crippen LogP contribution in [0.3, 0.4) is 0 Å². The van der Waals surface area contributed by atoms with Gasteiger partial charge < -0.3 is 9.73 Å². The van der Waals surface area contributed by atoms with E-state index in [-0.39, 0.29) is 5.91 Å². The first kappa shape index (κ1) is 14.3. The number of aromatic nitrogens is 1. The molecule has 112 valence electrons. The monoisotopic (exact) mass is 294 g/mol. The molecule has 1 aromatic heterocycles. The Bertz CT molecular complexity index is 834. The van der Waals surface area contributed by atoms with Crippen molar-refractivity contribution in [1.29, 1.82) is 0 Å². The summed E-state index contributed by atoms with van der Waals surface area (Å²) in [5.74, 6) is 0.203. The average Bonchev–Trinajstić information content (AvgIpc) is 2.96. The van der Waals surface area contributed by atoms with Crippen molar-refractivity contribution in [2.45, 2.75) is 26.7 Å². The minimum Gasteiger partial charge on any atom is -0.443 e. The summed E-state index contributed by atoms with van der Waals surface area (Å²) in [7, 11) is 0. The van der Waals surface area contributed by atoms with Gasteiger partial charge in [0.2, 0.25) is 0 Å². The molecule has 3 aromatic rings. The van der Waals surface area contributed by atoms with Crippen LogP contribution in [0.15, 0.2) is 47.2 Å². The summed E-state index contributed by atoms with van der Waals surface area (Å²) in [4.78, 5) is 16.6. The van der Waals surface area contributed by atoms with Crippen molar-refractivity contribution in [2.75, 3.05) is 5.32 Å². The molecule has 0 aliphatic carbocycles. The van der Waals surface area contributed by atoms with E-state index >= 15 is 0 Å². The third kappa shape index (κ3) is 2.60. The first-order valence-electron chi connectivity index (χ1n) is 7.30. The molecule has 0 radical (unpaired) electrons. The van der Waals surface area contributed by atoms with Crippen LogP contribution in [-0.2, 0) is 0 Å². The third-order valence-corrected chi connectivity index (χ3v) is 3.76. The summed E-state index contributed by atoms with van der Waals surface area (Å²) >= 11 is 0. The number of rotatable bonds is 3. The first-order chi connectivity index (χ1) is 10.6. The molecule has 0 aliphatic heterocycles. The Morgan fingerprint density at radius 1 is 1.23 bits per heavy atom. The molecule has 4 nitrogen and oxygen atoms in total. The maximum atomic E-state index is 12.5. The minimum atomic E-state index is -0.138. The van der Waals surface area contributed by atoms with Gasteiger partial charge in [-0.05, 0) is 42.2 Å². The number of nitrogens with one attached hydrogen (secondary N) is 1. The predicted octanol–water partition coefficient (Wildman–Crippen LogP) is 4.51. The number of aryl methyl sites for hydroxylation is 1. The highest BCUT2D eigenvalue weighted by Gasteiger charge is 2.14. The van der Waals surface area contributed by atoms with Crippen molar-refractivity contribution in [3.63, 3.8) is 0 Å². The van der Waals surface area contributed by atoms with Crippen LogP contribution in [0.1, 0.15) is 41.3 Å². The van der Waals surface area contributed by atoms with Gasteiger partial charge in [0.05, 0.1) is 0 Å². The highest BCUT2D eigenvalue weighted by molar-refractivity contribution is 6.06. The summed E-state index contributed by atoms with van der Waals surface area (Å²) in [6, 6.07) is 11.3. The van der Waals surface area contributed by atoms with Crippen LogP contribution in [0.25, 0.3) is 11.1 Å². The lowest BCUT2D eigenvalue weighted by molar-refractivity contribution is 0.102. The quantitative estimate of drug-likeness (QED) is 0.773. The number of anilines is 1. The molecule has 3 rings (SSSR count). The molecular weight excluding hydrogens is 276 g/mol. The number of nitrogens with zero attached hydrogens (tertiary/aromatic N) is 1. The van der Waals surface area contributed by atoms with Crippen LogP contribution in [0.2, 0.25) is 0 Å². The minimum absolute atomic E-state index is 0.138. The molecule has 0 unspecified atom stereocenters. The van der Waals surface area contributed by atoms with Crippen LogP contribution < -0.4 is 5.32 Å². The van der Waals surface area contributed by atoms with Crippen molar-refractivity contribution in [3.8, 4) is 0 Å². The lowest BCUT2D eigenvalue weighted by Gasteiger charge is -2.16. The SMILES string of the molecule is Cc1cccc(C(C)C)c1NC(=O)c1ccc2ocnc2c1. The maximum absolute atomic E-state index is 12.5. The molecule has 2 aromatic carbocycles. The van der Waals surface area contributed by atoms with E-state index in [0.29, 0.717) is 22.6 Å². The van der Waals surface area contributed by atoms with Crippen molar-refractivity contribution in [3.05, 3.63) is 59.5 Å². The molecule has 0 aliphatic rings. The predicted molar refractivity (Wildman–Crippen MR) is 87.2 cm³/mol. The van der Waals surface area contributed by atoms with Crippen molar-refractivity contribution < 1.29 is 9.21 Å². The number of amides is 1. The lowest BCUT2D eigenvalue weighted by atomic mass is 9.98. The summed E-state index contributed by atoms with van der Waals surface area (Å²) in [5.41, 5.74) is 5.01. The van der Waals surface area contributed by atoms with Crippen LogP contribution in [0, 0.1) is 6.92 Å². The fourth-order valence-electron chi connectivity index (χ4n) is 2.53. The molecule has 22 heavy (non-hydrogen) atoms. The molecule has 1 N–H and O–H groups in total. The van der Waals surface area contributed by atoms with E-state index in [4.69, 9.17) is 4.42 Å². The van der Waals surface area contributed by atoms with E-state index in [0.717, 1.165) is 16.8 Å². The Morgan fingerprint density at radius 2 is 2.05 bits per heavy atom. The second kappa shape index (κ2) is 5.64. The smallest absolute Gasteiger partial charge is 0.255 e. The molecule has 1 amide bonds. The number of benzene rings is 2. The molecule has 0 saturated carbocycles. The highest BCUT2D eigenvalue weighted by atomic mass is 16.3. The van der Waals surface area contributed by atoms with Gasteiger partial charge in [-0.15, -0.1) is 0 Å². The summed E-state index contributed by atoms with van der Waals surface area (Å²) in [6.45, 7) is 6.24. The summed E-state index contributed by atoms with van der Waals surface area (Å²) in [6.07, 6.45) is 1.38. The van der Waals surface area contributed by atoms with Crippen molar-refractivity contribution in [2.24, 2.45) is 0 Å². The number of fused-ring (bicyclic) bond motifs is 1. The van der Waals surface area contributed by atoms with Crippen molar-refractivity contribution in [1.82, 2.24) is 4.98 Å². The van der Waals surface area contributed by atoms with Gasteiger partial charge in [-0.3, -0.25) is 4.79 Å². The van der Waals surface area contributed by atoms with Gasteiger partial charge >= 0.3 is 0 Å². The molecule has 0 spiro atoms. The zero-order chi connectivity index (χ0) is 15.7. The van der Waals surface area contributed by atoms with Gasteiger partial charge in [0.25, 0.3) is 5.91 Å². The van der Waals surface area contributed by atoms with E-state index in [2.05, 4.69) is 24.1 Å². The summed E-state index contributed by atoms with van der Waals surface area (Å²) in [5, 5.41) is 3.04. The molecule has 0 saturated heterocycles. The Balaban J connectivity index is 1.94. The van der Waals surface area contributed by atoms with E-state index in [1.165, 1.54) is 6.39 Å². The van der Waals surface area contributed by atoms with E-state index in [1.807, 2.05) is 25.1 Å². The van der Waals surface area contributed by atoms with Crippen LogP contribution in [0.4, 0.5) is 5.69 Å². The number of carbonyl (C=O) groups excluding carboxylic acids is 1. The fourth-order valence-corrected chi connectivity index (χ4v) is 2.53. The van der Waals surface area contributed by atoms with Gasteiger partial charge in [0.15, 0.2) is 12.0 Å². The number of carbonyl (C=O) groups is 1. The van der Waals surface area contributed by atoms with Gasteiger partial charge in [-0.1, -0.05) is 32.0 Å². The van der Waals surface area contributed by atoms with Crippen LogP contribution in [-0.4, -0.2) is 10.9 Å². The Labute approximate surface area is 129 Å². The van der Waals surface area contributed by atoms with Gasteiger partial charge in [0, 0.05) is 11.3 Å². The lowest BCUT2D eigenvalue weighted by Crippen LogP contribution is -2.14. The number of hydrogen-bond donors (Lipinski definition) is 1. The van der Waals surface area contributed by atoms with Crippen LogP contribution >= 0.6 is 0 Å². The topological polar surface area (TPSA) is 55.1 Å².